The lowest BCUT2D eigenvalue weighted by atomic mass is 10.1. The standard InChI is InChI=1S/C24H33N7O4/c1-4-30-21-18(26-24(30)27-23(33)19-13-16(3)28-31(19)5-2)14-17(22(25)32)15-20(21)35-10-6-7-29-8-11-34-12-9-29/h13-15H,4-12H2,1-3H3,(H2,25,32)(H,26,27,33). The van der Waals surface area contributed by atoms with Gasteiger partial charge in [-0.1, -0.05) is 0 Å². The summed E-state index contributed by atoms with van der Waals surface area (Å²) >= 11 is 0. The summed E-state index contributed by atoms with van der Waals surface area (Å²) in [6.07, 6.45) is 0.826. The van der Waals surface area contributed by atoms with E-state index >= 15 is 0 Å². The highest BCUT2D eigenvalue weighted by Crippen LogP contribution is 2.31. The van der Waals surface area contributed by atoms with E-state index in [1.54, 1.807) is 22.9 Å². The van der Waals surface area contributed by atoms with Crippen molar-refractivity contribution in [1.82, 2.24) is 24.2 Å². The van der Waals surface area contributed by atoms with Crippen LogP contribution < -0.4 is 15.8 Å². The van der Waals surface area contributed by atoms with Crippen LogP contribution in [0.1, 0.15) is 46.8 Å². The highest BCUT2D eigenvalue weighted by Gasteiger charge is 2.21. The molecule has 1 aromatic carbocycles. The van der Waals surface area contributed by atoms with Crippen LogP contribution in [-0.4, -0.2) is 75.5 Å². The Morgan fingerprint density at radius 1 is 1.17 bits per heavy atom. The monoisotopic (exact) mass is 483 g/mol. The third-order valence-electron chi connectivity index (χ3n) is 6.05. The summed E-state index contributed by atoms with van der Waals surface area (Å²) in [5.41, 5.74) is 8.33. The van der Waals surface area contributed by atoms with Gasteiger partial charge in [0.05, 0.1) is 31.0 Å². The van der Waals surface area contributed by atoms with Crippen molar-refractivity contribution in [1.29, 1.82) is 0 Å². The number of carbonyl (C=O) groups excluding carboxylic acids is 2. The number of aryl methyl sites for hydroxylation is 3. The zero-order valence-electron chi connectivity index (χ0n) is 20.5. The molecule has 11 heteroatoms. The summed E-state index contributed by atoms with van der Waals surface area (Å²) in [6, 6.07) is 5.01. The molecule has 0 spiro atoms. The first-order chi connectivity index (χ1) is 16.9. The Balaban J connectivity index is 1.59. The van der Waals surface area contributed by atoms with Gasteiger partial charge in [-0.3, -0.25) is 24.5 Å². The first kappa shape index (κ1) is 24.7. The largest absolute Gasteiger partial charge is 0.491 e. The van der Waals surface area contributed by atoms with Crippen LogP contribution in [0.2, 0.25) is 0 Å². The average molecular weight is 484 g/mol. The van der Waals surface area contributed by atoms with Crippen molar-refractivity contribution >= 4 is 28.8 Å². The fourth-order valence-corrected chi connectivity index (χ4v) is 4.32. The number of morpholine rings is 1. The molecule has 0 radical (unpaired) electrons. The van der Waals surface area contributed by atoms with E-state index in [-0.39, 0.29) is 5.91 Å². The molecule has 2 aromatic heterocycles. The van der Waals surface area contributed by atoms with Gasteiger partial charge in [0.25, 0.3) is 5.91 Å². The number of ether oxygens (including phenoxy) is 2. The number of fused-ring (bicyclic) bond motifs is 1. The highest BCUT2D eigenvalue weighted by molar-refractivity contribution is 6.04. The van der Waals surface area contributed by atoms with Crippen molar-refractivity contribution in [2.24, 2.45) is 5.73 Å². The number of aromatic nitrogens is 4. The molecule has 3 N–H and O–H groups in total. The molecule has 2 amide bonds. The number of hydrogen-bond donors (Lipinski definition) is 2. The second-order valence-corrected chi connectivity index (χ2v) is 8.48. The van der Waals surface area contributed by atoms with Gasteiger partial charge in [0.2, 0.25) is 11.9 Å². The number of nitrogens with zero attached hydrogens (tertiary/aromatic N) is 5. The van der Waals surface area contributed by atoms with Gasteiger partial charge >= 0.3 is 0 Å². The maximum Gasteiger partial charge on any atom is 0.276 e. The van der Waals surface area contributed by atoms with Gasteiger partial charge < -0.3 is 19.8 Å². The molecule has 1 aliphatic heterocycles. The predicted octanol–water partition coefficient (Wildman–Crippen LogP) is 2.03. The maximum atomic E-state index is 13.0. The van der Waals surface area contributed by atoms with Gasteiger partial charge in [-0.25, -0.2) is 4.98 Å². The van der Waals surface area contributed by atoms with E-state index in [2.05, 4.69) is 20.3 Å². The van der Waals surface area contributed by atoms with E-state index in [0.29, 0.717) is 53.7 Å². The van der Waals surface area contributed by atoms with Crippen LogP contribution in [0.4, 0.5) is 5.95 Å². The van der Waals surface area contributed by atoms with Crippen molar-refractivity contribution < 1.29 is 19.1 Å². The number of primary amides is 1. The SMILES string of the molecule is CCn1nc(C)cc1C(=O)Nc1nc2cc(C(N)=O)cc(OCCCN3CCOCC3)c2n1CC. The third-order valence-corrected chi connectivity index (χ3v) is 6.05. The topological polar surface area (TPSA) is 130 Å². The number of amides is 2. The number of nitrogens with two attached hydrogens (primary N) is 1. The number of nitrogens with one attached hydrogen (secondary N) is 1. The third kappa shape index (κ3) is 5.46. The van der Waals surface area contributed by atoms with E-state index in [9.17, 15) is 9.59 Å². The lowest BCUT2D eigenvalue weighted by Gasteiger charge is -2.26. The Morgan fingerprint density at radius 3 is 2.63 bits per heavy atom. The number of rotatable bonds is 10. The first-order valence-corrected chi connectivity index (χ1v) is 12.0. The van der Waals surface area contributed by atoms with E-state index in [0.717, 1.165) is 45.0 Å². The molecule has 3 heterocycles. The van der Waals surface area contributed by atoms with Crippen LogP contribution in [0.3, 0.4) is 0 Å². The molecule has 4 rings (SSSR count). The highest BCUT2D eigenvalue weighted by atomic mass is 16.5. The fraction of sp³-hybridized carbons (Fsp3) is 0.500. The van der Waals surface area contributed by atoms with E-state index in [1.807, 2.05) is 25.3 Å². The van der Waals surface area contributed by atoms with Crippen molar-refractivity contribution in [2.45, 2.75) is 40.3 Å². The van der Waals surface area contributed by atoms with Crippen LogP contribution >= 0.6 is 0 Å². The molecule has 3 aromatic rings. The number of hydrogen-bond acceptors (Lipinski definition) is 7. The Morgan fingerprint density at radius 2 is 1.94 bits per heavy atom. The molecule has 0 aliphatic carbocycles. The van der Waals surface area contributed by atoms with Crippen LogP contribution in [0, 0.1) is 6.92 Å². The van der Waals surface area contributed by atoms with E-state index < -0.39 is 5.91 Å². The summed E-state index contributed by atoms with van der Waals surface area (Å²) in [5, 5.41) is 7.25. The summed E-state index contributed by atoms with van der Waals surface area (Å²) in [7, 11) is 0. The molecule has 0 unspecified atom stereocenters. The minimum Gasteiger partial charge on any atom is -0.491 e. The van der Waals surface area contributed by atoms with Gasteiger partial charge in [-0.15, -0.1) is 0 Å². The van der Waals surface area contributed by atoms with Gasteiger partial charge in [-0.05, 0) is 45.4 Å². The molecule has 0 saturated carbocycles. The minimum absolute atomic E-state index is 0.305. The van der Waals surface area contributed by atoms with E-state index in [1.165, 1.54) is 0 Å². The lowest BCUT2D eigenvalue weighted by molar-refractivity contribution is 0.0358. The van der Waals surface area contributed by atoms with Crippen molar-refractivity contribution in [2.75, 3.05) is 44.8 Å². The Bertz CT molecular complexity index is 1210. The zero-order chi connectivity index (χ0) is 24.9. The van der Waals surface area contributed by atoms with Crippen molar-refractivity contribution in [3.63, 3.8) is 0 Å². The Kier molecular flexibility index (Phi) is 7.67. The molecule has 188 valence electrons. The maximum absolute atomic E-state index is 13.0. The molecule has 1 aliphatic rings. The summed E-state index contributed by atoms with van der Waals surface area (Å²) in [5.74, 6) is 0.0148. The van der Waals surface area contributed by atoms with Gasteiger partial charge in [0.1, 0.15) is 17.0 Å². The normalized spacial score (nSPS) is 14.4. The summed E-state index contributed by atoms with van der Waals surface area (Å²) in [4.78, 5) is 31.9. The van der Waals surface area contributed by atoms with Crippen LogP contribution in [-0.2, 0) is 17.8 Å². The molecule has 1 saturated heterocycles. The second-order valence-electron chi connectivity index (χ2n) is 8.48. The quantitative estimate of drug-likeness (QED) is 0.422. The van der Waals surface area contributed by atoms with Crippen LogP contribution in [0.15, 0.2) is 18.2 Å². The Hall–Kier alpha value is -3.44. The van der Waals surface area contributed by atoms with E-state index in [4.69, 9.17) is 15.2 Å². The minimum atomic E-state index is -0.566. The number of anilines is 1. The van der Waals surface area contributed by atoms with Gasteiger partial charge in [0.15, 0.2) is 0 Å². The first-order valence-electron chi connectivity index (χ1n) is 12.0. The van der Waals surface area contributed by atoms with Gasteiger partial charge in [-0.2, -0.15) is 5.10 Å². The number of imidazole rings is 1. The van der Waals surface area contributed by atoms with Crippen molar-refractivity contribution in [3.8, 4) is 5.75 Å². The number of benzene rings is 1. The van der Waals surface area contributed by atoms with Gasteiger partial charge in [0, 0.05) is 38.3 Å². The molecular formula is C24H33N7O4. The molecular weight excluding hydrogens is 450 g/mol. The molecule has 1 fully saturated rings. The van der Waals surface area contributed by atoms with Crippen molar-refractivity contribution in [3.05, 3.63) is 35.2 Å². The molecule has 0 atom stereocenters. The fourth-order valence-electron chi connectivity index (χ4n) is 4.32. The summed E-state index contributed by atoms with van der Waals surface area (Å²) in [6.45, 7) is 11.6. The van der Waals surface area contributed by atoms with Crippen LogP contribution in [0.25, 0.3) is 11.0 Å². The second kappa shape index (κ2) is 10.9. The zero-order valence-corrected chi connectivity index (χ0v) is 20.5. The Labute approximate surface area is 204 Å². The predicted molar refractivity (Wildman–Crippen MR) is 132 cm³/mol. The average Bonchev–Trinajstić information content (AvgIpc) is 3.41. The lowest BCUT2D eigenvalue weighted by Crippen LogP contribution is -2.37. The number of carbonyl (C=O) groups is 2. The molecule has 35 heavy (non-hydrogen) atoms. The van der Waals surface area contributed by atoms with Crippen LogP contribution in [0.5, 0.6) is 5.75 Å². The smallest absolute Gasteiger partial charge is 0.276 e. The molecule has 0 bridgehead atoms. The summed E-state index contributed by atoms with van der Waals surface area (Å²) < 4.78 is 15.0. The molecule has 11 nitrogen and oxygen atoms in total.